The first-order valence-corrected chi connectivity index (χ1v) is 12.5. The van der Waals surface area contributed by atoms with E-state index in [1.807, 2.05) is 0 Å². The molecule has 0 saturated carbocycles. The summed E-state index contributed by atoms with van der Waals surface area (Å²) in [6.07, 6.45) is -1.96. The Labute approximate surface area is 203 Å². The molecule has 0 radical (unpaired) electrons. The average Bonchev–Trinajstić information content (AvgIpc) is 2.79. The number of likely N-dealkylation sites (tertiary alicyclic amines) is 1. The predicted molar refractivity (Wildman–Crippen MR) is 122 cm³/mol. The van der Waals surface area contributed by atoms with Crippen LogP contribution in [0.3, 0.4) is 0 Å². The summed E-state index contributed by atoms with van der Waals surface area (Å²) < 4.78 is 30.4. The molecule has 0 unspecified atom stereocenters. The van der Waals surface area contributed by atoms with Gasteiger partial charge in [-0.2, -0.15) is 0 Å². The van der Waals surface area contributed by atoms with Gasteiger partial charge in [0.25, 0.3) is 12.0 Å². The zero-order chi connectivity index (χ0) is 25.4. The van der Waals surface area contributed by atoms with E-state index in [9.17, 15) is 28.3 Å². The van der Waals surface area contributed by atoms with E-state index in [0.717, 1.165) is 0 Å². The van der Waals surface area contributed by atoms with Crippen LogP contribution >= 0.6 is 11.6 Å². The Bertz CT molecular complexity index is 1170. The third kappa shape index (κ3) is 4.38. The van der Waals surface area contributed by atoms with Gasteiger partial charge in [-0.3, -0.25) is 14.5 Å². The number of amides is 2. The van der Waals surface area contributed by atoms with Gasteiger partial charge in [0.05, 0.1) is 23.5 Å². The van der Waals surface area contributed by atoms with E-state index < -0.39 is 36.6 Å². The molecule has 1 saturated heterocycles. The summed E-state index contributed by atoms with van der Waals surface area (Å²) in [5, 5.41) is 21.9. The van der Waals surface area contributed by atoms with Crippen LogP contribution in [0.15, 0.2) is 53.4 Å². The molecule has 0 atom stereocenters. The number of carbonyl (C=O) groups excluding carboxylic acids is 2. The van der Waals surface area contributed by atoms with Crippen molar-refractivity contribution in [2.45, 2.75) is 48.8 Å². The summed E-state index contributed by atoms with van der Waals surface area (Å²) in [5.74, 6) is -0.230. The van der Waals surface area contributed by atoms with Crippen molar-refractivity contribution >= 4 is 33.4 Å². The zero-order valence-electron chi connectivity index (χ0n) is 19.1. The first-order valence-electron chi connectivity index (χ1n) is 10.6. The second-order valence-electron chi connectivity index (χ2n) is 9.32. The maximum atomic E-state index is 13.6. The Balaban J connectivity index is 1.93. The van der Waals surface area contributed by atoms with E-state index in [2.05, 4.69) is 0 Å². The quantitative estimate of drug-likeness (QED) is 0.359. The number of carboxylic acid groups (broad SMARTS) is 1. The maximum Gasteiger partial charge on any atom is 0.265 e. The van der Waals surface area contributed by atoms with Crippen molar-refractivity contribution in [3.63, 3.8) is 0 Å². The van der Waals surface area contributed by atoms with Gasteiger partial charge in [0.1, 0.15) is 11.5 Å². The van der Waals surface area contributed by atoms with Gasteiger partial charge in [0.2, 0.25) is 0 Å². The summed E-state index contributed by atoms with van der Waals surface area (Å²) in [4.78, 5) is 24.6. The molecule has 2 aromatic carbocycles. The van der Waals surface area contributed by atoms with Crippen molar-refractivity contribution < 1.29 is 37.5 Å². The summed E-state index contributed by atoms with van der Waals surface area (Å²) in [7, 11) is -4.32. The molecule has 0 bridgehead atoms. The summed E-state index contributed by atoms with van der Waals surface area (Å²) in [6.45, 7) is 4.84. The smallest absolute Gasteiger partial charge is 0.265 e. The molecule has 34 heavy (non-hydrogen) atoms. The number of hydroxylamine groups is 1. The minimum absolute atomic E-state index is 0.149. The number of rotatable bonds is 5. The van der Waals surface area contributed by atoms with E-state index in [-0.39, 0.29) is 30.8 Å². The van der Waals surface area contributed by atoms with Gasteiger partial charge in [-0.05, 0) is 69.3 Å². The molecule has 1 heterocycles. The molecule has 184 valence electrons. The van der Waals surface area contributed by atoms with Crippen LogP contribution in [-0.4, -0.2) is 53.5 Å². The molecule has 0 spiro atoms. The number of ether oxygens (including phenoxy) is 1. The second kappa shape index (κ2) is 9.18. The molecule has 1 aliphatic heterocycles. The molecule has 2 N–H and O–H groups in total. The first kappa shape index (κ1) is 26.0. The maximum absolute atomic E-state index is 13.6. The fourth-order valence-electron chi connectivity index (χ4n) is 4.38. The molecule has 11 heteroatoms. The lowest BCUT2D eigenvalue weighted by molar-refractivity contribution is -0.923. The molecular weight excluding hydrogens is 484 g/mol. The van der Waals surface area contributed by atoms with Crippen LogP contribution in [0.5, 0.6) is 11.5 Å². The van der Waals surface area contributed by atoms with Crippen LogP contribution < -0.4 is 15.3 Å². The van der Waals surface area contributed by atoms with E-state index >= 15 is 0 Å². The Morgan fingerprint density at radius 3 is 1.91 bits per heavy atom. The molecule has 1 fully saturated rings. The van der Waals surface area contributed by atoms with Gasteiger partial charge >= 0.3 is 0 Å². The standard InChI is InChI=1S/C23H27ClN2O7S/c1-22(2,3)26(21(28)29)14-12-23(13-15-26,20(27)25-30)34(31,32)19-10-8-18(9-11-19)33-17-6-4-16(24)5-7-17/h4-11H,12-15H2,1-3H3,(H2-,25,27,28,29,30). The van der Waals surface area contributed by atoms with Crippen LogP contribution in [0.4, 0.5) is 4.79 Å². The Hall–Kier alpha value is -2.66. The average molecular weight is 511 g/mol. The largest absolute Gasteiger partial charge is 0.498 e. The van der Waals surface area contributed by atoms with Crippen LogP contribution in [0.1, 0.15) is 33.6 Å². The highest BCUT2D eigenvalue weighted by Gasteiger charge is 2.59. The van der Waals surface area contributed by atoms with Crippen LogP contribution in [0.25, 0.3) is 0 Å². The summed E-state index contributed by atoms with van der Waals surface area (Å²) in [6, 6.07) is 12.1. The number of benzene rings is 2. The lowest BCUT2D eigenvalue weighted by Crippen LogP contribution is -2.73. The van der Waals surface area contributed by atoms with Crippen molar-refractivity contribution in [2.24, 2.45) is 0 Å². The minimum Gasteiger partial charge on any atom is -0.498 e. The van der Waals surface area contributed by atoms with Gasteiger partial charge in [-0.1, -0.05) is 11.6 Å². The minimum atomic E-state index is -4.32. The molecule has 2 amide bonds. The first-order chi connectivity index (χ1) is 15.8. The van der Waals surface area contributed by atoms with E-state index in [1.165, 1.54) is 29.7 Å². The molecular formula is C23H27ClN2O7S. The SMILES string of the molecule is CC(C)(C)[N+]1(C(=O)[O-])CCC(C(=O)NO)(S(=O)(=O)c2ccc(Oc3ccc(Cl)cc3)cc2)CC1. The van der Waals surface area contributed by atoms with Crippen molar-refractivity contribution in [3.05, 3.63) is 53.6 Å². The van der Waals surface area contributed by atoms with Gasteiger partial charge in [-0.15, -0.1) is 0 Å². The van der Waals surface area contributed by atoms with Gasteiger partial charge in [0, 0.05) is 17.9 Å². The number of quaternary nitrogens is 1. The zero-order valence-corrected chi connectivity index (χ0v) is 20.6. The fraction of sp³-hybridized carbons (Fsp3) is 0.391. The molecule has 3 rings (SSSR count). The van der Waals surface area contributed by atoms with E-state index in [1.54, 1.807) is 45.0 Å². The number of sulfone groups is 1. The van der Waals surface area contributed by atoms with E-state index in [0.29, 0.717) is 16.5 Å². The third-order valence-electron chi connectivity index (χ3n) is 6.64. The van der Waals surface area contributed by atoms with Crippen molar-refractivity contribution in [1.29, 1.82) is 0 Å². The van der Waals surface area contributed by atoms with Crippen LogP contribution in [0, 0.1) is 0 Å². The highest BCUT2D eigenvalue weighted by Crippen LogP contribution is 2.41. The van der Waals surface area contributed by atoms with Crippen LogP contribution in [0.2, 0.25) is 5.02 Å². The van der Waals surface area contributed by atoms with Crippen molar-refractivity contribution in [3.8, 4) is 11.5 Å². The van der Waals surface area contributed by atoms with E-state index in [4.69, 9.17) is 16.3 Å². The summed E-state index contributed by atoms with van der Waals surface area (Å²) >= 11 is 5.86. The number of nitrogens with zero attached hydrogens (tertiary/aromatic N) is 1. The lowest BCUT2D eigenvalue weighted by atomic mass is 9.88. The van der Waals surface area contributed by atoms with Gasteiger partial charge < -0.3 is 14.6 Å². The lowest BCUT2D eigenvalue weighted by Gasteiger charge is -2.53. The number of hydrogen-bond donors (Lipinski definition) is 2. The molecule has 9 nitrogen and oxygen atoms in total. The number of carbonyl (C=O) groups is 2. The van der Waals surface area contributed by atoms with Crippen LogP contribution in [-0.2, 0) is 14.6 Å². The Morgan fingerprint density at radius 1 is 1.03 bits per heavy atom. The summed E-state index contributed by atoms with van der Waals surface area (Å²) in [5.41, 5.74) is 0.685. The molecule has 2 aromatic rings. The monoisotopic (exact) mass is 510 g/mol. The van der Waals surface area contributed by atoms with Gasteiger partial charge in [0.15, 0.2) is 14.6 Å². The highest BCUT2D eigenvalue weighted by molar-refractivity contribution is 7.93. The molecule has 0 aromatic heterocycles. The number of piperidine rings is 1. The number of hydrogen-bond acceptors (Lipinski definition) is 7. The van der Waals surface area contributed by atoms with Crippen molar-refractivity contribution in [1.82, 2.24) is 5.48 Å². The normalized spacial score (nSPS) is 23.2. The predicted octanol–water partition coefficient (Wildman–Crippen LogP) is 2.90. The number of halogens is 1. The topological polar surface area (TPSA) is 133 Å². The number of nitrogens with one attached hydrogen (secondary N) is 1. The Kier molecular flexibility index (Phi) is 7.01. The third-order valence-corrected chi connectivity index (χ3v) is 9.41. The Morgan fingerprint density at radius 2 is 1.50 bits per heavy atom. The second-order valence-corrected chi connectivity index (χ2v) is 12.0. The molecule has 1 aliphatic rings. The highest BCUT2D eigenvalue weighted by atomic mass is 35.5. The molecule has 0 aliphatic carbocycles. The fourth-order valence-corrected chi connectivity index (χ4v) is 6.46. The van der Waals surface area contributed by atoms with Crippen molar-refractivity contribution in [2.75, 3.05) is 13.1 Å². The van der Waals surface area contributed by atoms with Gasteiger partial charge in [-0.25, -0.2) is 13.9 Å².